The van der Waals surface area contributed by atoms with Crippen LogP contribution in [0.2, 0.25) is 0 Å². The number of amides is 1. The van der Waals surface area contributed by atoms with Crippen molar-refractivity contribution in [2.75, 3.05) is 20.3 Å². The Balaban J connectivity index is 1.91. The number of hydrogen-bond donors (Lipinski definition) is 1. The number of ether oxygens (including phenoxy) is 3. The molecule has 6 nitrogen and oxygen atoms in total. The van der Waals surface area contributed by atoms with Gasteiger partial charge in [-0.2, -0.15) is 5.10 Å². The van der Waals surface area contributed by atoms with Crippen molar-refractivity contribution in [1.29, 1.82) is 0 Å². The molecular formula is C20H24N2O4. The average Bonchev–Trinajstić information content (AvgIpc) is 2.62. The number of hydrazone groups is 1. The van der Waals surface area contributed by atoms with Gasteiger partial charge in [0.25, 0.3) is 5.91 Å². The molecule has 0 aliphatic carbocycles. The molecule has 0 bridgehead atoms. The highest BCUT2D eigenvalue weighted by atomic mass is 16.5. The summed E-state index contributed by atoms with van der Waals surface area (Å²) in [6.07, 6.45) is 1.54. The van der Waals surface area contributed by atoms with Gasteiger partial charge in [-0.1, -0.05) is 18.2 Å². The lowest BCUT2D eigenvalue weighted by Gasteiger charge is -2.11. The van der Waals surface area contributed by atoms with Crippen molar-refractivity contribution in [3.8, 4) is 17.2 Å². The molecule has 0 aliphatic heterocycles. The van der Waals surface area contributed by atoms with E-state index >= 15 is 0 Å². The molecule has 0 atom stereocenters. The van der Waals surface area contributed by atoms with E-state index in [0.717, 1.165) is 22.4 Å². The second kappa shape index (κ2) is 9.46. The van der Waals surface area contributed by atoms with Gasteiger partial charge >= 0.3 is 0 Å². The third kappa shape index (κ3) is 5.24. The maximum Gasteiger partial charge on any atom is 0.277 e. The molecule has 0 saturated heterocycles. The number of carbonyl (C=O) groups excluding carboxylic acids is 1. The van der Waals surface area contributed by atoms with Crippen molar-refractivity contribution in [3.05, 3.63) is 53.1 Å². The van der Waals surface area contributed by atoms with Gasteiger partial charge in [0.2, 0.25) is 0 Å². The molecule has 1 N–H and O–H groups in total. The van der Waals surface area contributed by atoms with Crippen molar-refractivity contribution >= 4 is 12.1 Å². The van der Waals surface area contributed by atoms with Gasteiger partial charge in [0.05, 0.1) is 19.9 Å². The first-order chi connectivity index (χ1) is 12.5. The highest BCUT2D eigenvalue weighted by Crippen LogP contribution is 2.27. The fraction of sp³-hybridized carbons (Fsp3) is 0.300. The predicted octanol–water partition coefficient (Wildman–Crippen LogP) is 3.24. The normalized spacial score (nSPS) is 10.6. The number of hydrogen-bond acceptors (Lipinski definition) is 5. The van der Waals surface area contributed by atoms with Crippen LogP contribution in [0.4, 0.5) is 0 Å². The molecular weight excluding hydrogens is 332 g/mol. The van der Waals surface area contributed by atoms with Crippen molar-refractivity contribution < 1.29 is 19.0 Å². The summed E-state index contributed by atoms with van der Waals surface area (Å²) in [5.74, 6) is 1.67. The highest BCUT2D eigenvalue weighted by molar-refractivity contribution is 5.83. The van der Waals surface area contributed by atoms with Gasteiger partial charge in [0, 0.05) is 0 Å². The molecule has 2 rings (SSSR count). The van der Waals surface area contributed by atoms with E-state index in [1.165, 1.54) is 0 Å². The minimum atomic E-state index is -0.331. The summed E-state index contributed by atoms with van der Waals surface area (Å²) < 4.78 is 16.3. The topological polar surface area (TPSA) is 69.2 Å². The second-order valence-corrected chi connectivity index (χ2v) is 5.65. The Kier molecular flexibility index (Phi) is 7.02. The quantitative estimate of drug-likeness (QED) is 0.582. The van der Waals surface area contributed by atoms with Crippen LogP contribution in [0.1, 0.15) is 23.6 Å². The monoisotopic (exact) mass is 356 g/mol. The predicted molar refractivity (Wildman–Crippen MR) is 101 cm³/mol. The van der Waals surface area contributed by atoms with Crippen LogP contribution in [0, 0.1) is 13.8 Å². The Morgan fingerprint density at radius 1 is 1.12 bits per heavy atom. The van der Waals surface area contributed by atoms with Gasteiger partial charge in [-0.25, -0.2) is 5.43 Å². The van der Waals surface area contributed by atoms with Crippen LogP contribution in [-0.2, 0) is 4.79 Å². The molecule has 6 heteroatoms. The molecule has 0 aliphatic rings. The molecule has 0 radical (unpaired) electrons. The lowest BCUT2D eigenvalue weighted by molar-refractivity contribution is -0.123. The van der Waals surface area contributed by atoms with Gasteiger partial charge in [0.15, 0.2) is 18.1 Å². The van der Waals surface area contributed by atoms with Crippen molar-refractivity contribution in [1.82, 2.24) is 5.43 Å². The molecule has 138 valence electrons. The van der Waals surface area contributed by atoms with Gasteiger partial charge in [0.1, 0.15) is 5.75 Å². The molecule has 0 unspecified atom stereocenters. The van der Waals surface area contributed by atoms with E-state index in [4.69, 9.17) is 14.2 Å². The van der Waals surface area contributed by atoms with Crippen molar-refractivity contribution in [2.24, 2.45) is 5.10 Å². The first-order valence-electron chi connectivity index (χ1n) is 8.37. The molecule has 2 aromatic rings. The Labute approximate surface area is 153 Å². The van der Waals surface area contributed by atoms with Gasteiger partial charge in [-0.05, 0) is 55.7 Å². The summed E-state index contributed by atoms with van der Waals surface area (Å²) in [7, 11) is 1.59. The van der Waals surface area contributed by atoms with Gasteiger partial charge < -0.3 is 14.2 Å². The average molecular weight is 356 g/mol. The van der Waals surface area contributed by atoms with Crippen LogP contribution in [0.5, 0.6) is 17.2 Å². The molecule has 0 saturated carbocycles. The van der Waals surface area contributed by atoms with Gasteiger partial charge in [-0.3, -0.25) is 4.79 Å². The number of nitrogens with one attached hydrogen (secondary N) is 1. The molecule has 0 aromatic heterocycles. The third-order valence-corrected chi connectivity index (χ3v) is 3.65. The Bertz CT molecular complexity index is 767. The molecule has 26 heavy (non-hydrogen) atoms. The third-order valence-electron chi connectivity index (χ3n) is 3.65. The first kappa shape index (κ1) is 19.3. The van der Waals surface area contributed by atoms with E-state index in [2.05, 4.69) is 10.5 Å². The minimum Gasteiger partial charge on any atom is -0.493 e. The van der Waals surface area contributed by atoms with Crippen LogP contribution >= 0.6 is 0 Å². The zero-order chi connectivity index (χ0) is 18.9. The van der Waals surface area contributed by atoms with Crippen LogP contribution in [0.3, 0.4) is 0 Å². The van der Waals surface area contributed by atoms with Crippen LogP contribution in [0.25, 0.3) is 0 Å². The lowest BCUT2D eigenvalue weighted by atomic mass is 10.1. The lowest BCUT2D eigenvalue weighted by Crippen LogP contribution is -2.25. The first-order valence-corrected chi connectivity index (χ1v) is 8.37. The molecule has 0 heterocycles. The highest BCUT2D eigenvalue weighted by Gasteiger charge is 2.07. The van der Waals surface area contributed by atoms with Crippen molar-refractivity contribution in [2.45, 2.75) is 20.8 Å². The molecule has 0 fully saturated rings. The number of nitrogens with zero attached hydrogens (tertiary/aromatic N) is 1. The van der Waals surface area contributed by atoms with E-state index in [1.807, 2.05) is 45.0 Å². The van der Waals surface area contributed by atoms with Crippen LogP contribution in [0.15, 0.2) is 41.5 Å². The summed E-state index contributed by atoms with van der Waals surface area (Å²) in [5.41, 5.74) is 5.21. The number of aryl methyl sites for hydroxylation is 2. The maximum absolute atomic E-state index is 11.9. The van der Waals surface area contributed by atoms with E-state index in [0.29, 0.717) is 18.1 Å². The summed E-state index contributed by atoms with van der Waals surface area (Å²) in [5, 5.41) is 3.95. The minimum absolute atomic E-state index is 0.101. The molecule has 0 spiro atoms. The Morgan fingerprint density at radius 3 is 2.50 bits per heavy atom. The Morgan fingerprint density at radius 2 is 1.85 bits per heavy atom. The number of methoxy groups -OCH3 is 1. The van der Waals surface area contributed by atoms with E-state index in [1.54, 1.807) is 25.5 Å². The Hall–Kier alpha value is -3.02. The largest absolute Gasteiger partial charge is 0.493 e. The van der Waals surface area contributed by atoms with Crippen LogP contribution in [-0.4, -0.2) is 32.4 Å². The standard InChI is InChI=1S/C20H24N2O4/c1-5-25-18-11-16(9-10-17(18)24-4)12-21-22-19(23)13-26-20-14(2)7-6-8-15(20)3/h6-12H,5,13H2,1-4H3,(H,22,23). The SMILES string of the molecule is CCOc1cc(C=NNC(=O)COc2c(C)cccc2C)ccc1OC. The van der Waals surface area contributed by atoms with E-state index in [9.17, 15) is 4.79 Å². The fourth-order valence-corrected chi connectivity index (χ4v) is 2.42. The van der Waals surface area contributed by atoms with Crippen LogP contribution < -0.4 is 19.6 Å². The second-order valence-electron chi connectivity index (χ2n) is 5.65. The zero-order valence-corrected chi connectivity index (χ0v) is 15.5. The molecule has 2 aromatic carbocycles. The zero-order valence-electron chi connectivity index (χ0n) is 15.5. The smallest absolute Gasteiger partial charge is 0.277 e. The number of para-hydroxylation sites is 1. The summed E-state index contributed by atoms with van der Waals surface area (Å²) >= 11 is 0. The summed E-state index contributed by atoms with van der Waals surface area (Å²) in [6, 6.07) is 11.2. The number of rotatable bonds is 8. The summed E-state index contributed by atoms with van der Waals surface area (Å²) in [6.45, 7) is 6.21. The number of benzene rings is 2. The van der Waals surface area contributed by atoms with Crippen molar-refractivity contribution in [3.63, 3.8) is 0 Å². The van der Waals surface area contributed by atoms with Gasteiger partial charge in [-0.15, -0.1) is 0 Å². The maximum atomic E-state index is 11.9. The molecule has 1 amide bonds. The van der Waals surface area contributed by atoms with E-state index in [-0.39, 0.29) is 12.5 Å². The summed E-state index contributed by atoms with van der Waals surface area (Å²) in [4.78, 5) is 11.9. The fourth-order valence-electron chi connectivity index (χ4n) is 2.42. The van der Waals surface area contributed by atoms with E-state index < -0.39 is 0 Å². The number of carbonyl (C=O) groups is 1.